The first-order chi connectivity index (χ1) is 7.79. The number of carbonyl (C=O) groups is 2. The Balaban J connectivity index is 4.20. The van der Waals surface area contributed by atoms with Crippen LogP contribution in [-0.4, -0.2) is 30.1 Å². The molecule has 0 radical (unpaired) electrons. The van der Waals surface area contributed by atoms with Crippen LogP contribution in [0, 0.1) is 5.92 Å². The highest BCUT2D eigenvalue weighted by Crippen LogP contribution is 2.08. The summed E-state index contributed by atoms with van der Waals surface area (Å²) in [6.45, 7) is 10.7. The normalized spacial score (nSPS) is 16.4. The van der Waals surface area contributed by atoms with Gasteiger partial charge in [0.05, 0.1) is 6.10 Å². The van der Waals surface area contributed by atoms with Gasteiger partial charge in [0.15, 0.2) is 18.0 Å². The predicted molar refractivity (Wildman–Crippen MR) is 65.7 cm³/mol. The molecule has 3 unspecified atom stereocenters. The fraction of sp³-hybridized carbons (Fsp3) is 0.846. The number of carbonyl (C=O) groups excluding carboxylic acids is 2. The summed E-state index contributed by atoms with van der Waals surface area (Å²) < 4.78 is 10.5. The topological polar surface area (TPSA) is 52.6 Å². The van der Waals surface area contributed by atoms with Gasteiger partial charge in [-0.05, 0) is 27.2 Å². The third kappa shape index (κ3) is 5.82. The van der Waals surface area contributed by atoms with E-state index in [-0.39, 0.29) is 17.8 Å². The molecule has 0 aliphatic carbocycles. The van der Waals surface area contributed by atoms with E-state index in [2.05, 4.69) is 0 Å². The van der Waals surface area contributed by atoms with Crippen LogP contribution in [0.2, 0.25) is 0 Å². The molecule has 0 aliphatic rings. The van der Waals surface area contributed by atoms with Gasteiger partial charge in [-0.25, -0.2) is 4.79 Å². The molecule has 0 aromatic carbocycles. The monoisotopic (exact) mass is 244 g/mol. The standard InChI is InChI=1S/C13H24O4/c1-7-9(4)16-11(6)13(15)17-10(5)12(14)8(2)3/h8-11H,7H2,1-6H3. The summed E-state index contributed by atoms with van der Waals surface area (Å²) in [5.41, 5.74) is 0. The predicted octanol–water partition coefficient (Wildman–Crippen LogP) is 2.35. The number of esters is 1. The van der Waals surface area contributed by atoms with Crippen molar-refractivity contribution in [3.8, 4) is 0 Å². The number of Topliss-reactive ketones (excluding diaryl/α,β-unsaturated/α-hetero) is 1. The second-order valence-corrected chi connectivity index (χ2v) is 4.63. The molecular weight excluding hydrogens is 220 g/mol. The first kappa shape index (κ1) is 16.1. The molecule has 4 heteroatoms. The molecule has 100 valence electrons. The van der Waals surface area contributed by atoms with E-state index in [1.807, 2.05) is 13.8 Å². The van der Waals surface area contributed by atoms with E-state index >= 15 is 0 Å². The lowest BCUT2D eigenvalue weighted by atomic mass is 10.1. The smallest absolute Gasteiger partial charge is 0.335 e. The van der Waals surface area contributed by atoms with Gasteiger partial charge in [-0.3, -0.25) is 4.79 Å². The molecule has 0 aromatic heterocycles. The molecule has 0 aliphatic heterocycles. The van der Waals surface area contributed by atoms with Crippen LogP contribution in [0.1, 0.15) is 48.0 Å². The lowest BCUT2D eigenvalue weighted by Crippen LogP contribution is -2.34. The number of hydrogen-bond acceptors (Lipinski definition) is 4. The summed E-state index contributed by atoms with van der Waals surface area (Å²) in [7, 11) is 0. The van der Waals surface area contributed by atoms with Gasteiger partial charge in [0.1, 0.15) is 0 Å². The first-order valence-corrected chi connectivity index (χ1v) is 6.19. The zero-order chi connectivity index (χ0) is 13.6. The van der Waals surface area contributed by atoms with E-state index in [1.165, 1.54) is 0 Å². The lowest BCUT2D eigenvalue weighted by Gasteiger charge is -2.20. The zero-order valence-corrected chi connectivity index (χ0v) is 11.6. The maximum atomic E-state index is 11.6. The number of hydrogen-bond donors (Lipinski definition) is 0. The Morgan fingerprint density at radius 3 is 1.94 bits per heavy atom. The van der Waals surface area contributed by atoms with Gasteiger partial charge in [0.25, 0.3) is 0 Å². The van der Waals surface area contributed by atoms with E-state index in [1.54, 1.807) is 27.7 Å². The van der Waals surface area contributed by atoms with Crippen LogP contribution in [-0.2, 0) is 19.1 Å². The maximum Gasteiger partial charge on any atom is 0.335 e. The van der Waals surface area contributed by atoms with Gasteiger partial charge in [-0.1, -0.05) is 20.8 Å². The Labute approximate surface area is 104 Å². The number of ether oxygens (including phenoxy) is 2. The molecule has 0 heterocycles. The molecule has 0 spiro atoms. The Bertz CT molecular complexity index is 260. The second kappa shape index (κ2) is 7.43. The molecule has 0 fully saturated rings. The number of ketones is 1. The summed E-state index contributed by atoms with van der Waals surface area (Å²) in [6.07, 6.45) is -0.496. The average molecular weight is 244 g/mol. The Kier molecular flexibility index (Phi) is 7.04. The molecule has 0 rings (SSSR count). The molecule has 0 amide bonds. The van der Waals surface area contributed by atoms with Crippen LogP contribution in [0.3, 0.4) is 0 Å². The van der Waals surface area contributed by atoms with Crippen molar-refractivity contribution >= 4 is 11.8 Å². The van der Waals surface area contributed by atoms with E-state index in [0.29, 0.717) is 0 Å². The lowest BCUT2D eigenvalue weighted by molar-refractivity contribution is -0.167. The van der Waals surface area contributed by atoms with E-state index in [0.717, 1.165) is 6.42 Å². The van der Waals surface area contributed by atoms with Crippen molar-refractivity contribution in [2.45, 2.75) is 66.3 Å². The molecule has 0 aromatic rings. The Morgan fingerprint density at radius 2 is 1.53 bits per heavy atom. The summed E-state index contributed by atoms with van der Waals surface area (Å²) >= 11 is 0. The van der Waals surface area contributed by atoms with Gasteiger partial charge in [-0.2, -0.15) is 0 Å². The quantitative estimate of drug-likeness (QED) is 0.645. The van der Waals surface area contributed by atoms with Gasteiger partial charge in [-0.15, -0.1) is 0 Å². The highest BCUT2D eigenvalue weighted by Gasteiger charge is 2.24. The van der Waals surface area contributed by atoms with Crippen LogP contribution in [0.5, 0.6) is 0 Å². The van der Waals surface area contributed by atoms with E-state index in [4.69, 9.17) is 9.47 Å². The molecular formula is C13H24O4. The van der Waals surface area contributed by atoms with Crippen LogP contribution in [0.15, 0.2) is 0 Å². The zero-order valence-electron chi connectivity index (χ0n) is 11.6. The Morgan fingerprint density at radius 1 is 1.00 bits per heavy atom. The van der Waals surface area contributed by atoms with Crippen molar-refractivity contribution in [3.63, 3.8) is 0 Å². The van der Waals surface area contributed by atoms with Crippen molar-refractivity contribution in [1.82, 2.24) is 0 Å². The van der Waals surface area contributed by atoms with Crippen LogP contribution < -0.4 is 0 Å². The summed E-state index contributed by atoms with van der Waals surface area (Å²) in [5, 5.41) is 0. The van der Waals surface area contributed by atoms with Crippen molar-refractivity contribution in [1.29, 1.82) is 0 Å². The SMILES string of the molecule is CCC(C)OC(C)C(=O)OC(C)C(=O)C(C)C. The summed E-state index contributed by atoms with van der Waals surface area (Å²) in [6, 6.07) is 0. The number of rotatable bonds is 7. The molecule has 0 bridgehead atoms. The third-order valence-electron chi connectivity index (χ3n) is 2.61. The maximum absolute atomic E-state index is 11.6. The molecule has 0 saturated carbocycles. The van der Waals surface area contributed by atoms with Gasteiger partial charge in [0.2, 0.25) is 0 Å². The third-order valence-corrected chi connectivity index (χ3v) is 2.61. The minimum atomic E-state index is -0.703. The fourth-order valence-corrected chi connectivity index (χ4v) is 1.30. The van der Waals surface area contributed by atoms with E-state index in [9.17, 15) is 9.59 Å². The van der Waals surface area contributed by atoms with Crippen LogP contribution >= 0.6 is 0 Å². The van der Waals surface area contributed by atoms with Crippen molar-refractivity contribution < 1.29 is 19.1 Å². The molecule has 0 saturated heterocycles. The van der Waals surface area contributed by atoms with Crippen molar-refractivity contribution in [3.05, 3.63) is 0 Å². The van der Waals surface area contributed by atoms with Gasteiger partial charge < -0.3 is 9.47 Å². The first-order valence-electron chi connectivity index (χ1n) is 6.19. The van der Waals surface area contributed by atoms with Gasteiger partial charge >= 0.3 is 5.97 Å². The summed E-state index contributed by atoms with van der Waals surface area (Å²) in [5.74, 6) is -0.690. The molecule has 0 N–H and O–H groups in total. The highest BCUT2D eigenvalue weighted by atomic mass is 16.6. The van der Waals surface area contributed by atoms with Gasteiger partial charge in [0, 0.05) is 5.92 Å². The van der Waals surface area contributed by atoms with Crippen molar-refractivity contribution in [2.24, 2.45) is 5.92 Å². The minimum Gasteiger partial charge on any atom is -0.453 e. The second-order valence-electron chi connectivity index (χ2n) is 4.63. The molecule has 17 heavy (non-hydrogen) atoms. The van der Waals surface area contributed by atoms with E-state index < -0.39 is 18.2 Å². The van der Waals surface area contributed by atoms with Crippen molar-refractivity contribution in [2.75, 3.05) is 0 Å². The molecule has 4 nitrogen and oxygen atoms in total. The molecule has 3 atom stereocenters. The van der Waals surface area contributed by atoms with Crippen LogP contribution in [0.25, 0.3) is 0 Å². The summed E-state index contributed by atoms with van der Waals surface area (Å²) in [4.78, 5) is 23.2. The largest absolute Gasteiger partial charge is 0.453 e. The minimum absolute atomic E-state index is 0.00802. The highest BCUT2D eigenvalue weighted by molar-refractivity contribution is 5.87. The Hall–Kier alpha value is -0.900. The van der Waals surface area contributed by atoms with Crippen LogP contribution in [0.4, 0.5) is 0 Å². The fourth-order valence-electron chi connectivity index (χ4n) is 1.30. The average Bonchev–Trinajstić information content (AvgIpc) is 2.27.